The van der Waals surface area contributed by atoms with Crippen LogP contribution in [0.5, 0.6) is 11.5 Å². The lowest BCUT2D eigenvalue weighted by molar-refractivity contribution is -0.138. The maximum Gasteiger partial charge on any atom is 0.226 e. The van der Waals surface area contributed by atoms with Crippen molar-refractivity contribution >= 4 is 5.91 Å². The Morgan fingerprint density at radius 1 is 0.971 bits per heavy atom. The second kappa shape index (κ2) is 10.8. The zero-order valence-corrected chi connectivity index (χ0v) is 20.3. The summed E-state index contributed by atoms with van der Waals surface area (Å²) in [4.78, 5) is 15.5. The highest BCUT2D eigenvalue weighted by Crippen LogP contribution is 2.33. The minimum absolute atomic E-state index is 0.126. The Balaban J connectivity index is 1.28. The Morgan fingerprint density at radius 2 is 1.74 bits per heavy atom. The Bertz CT molecular complexity index is 953. The van der Waals surface area contributed by atoms with Crippen LogP contribution in [0.25, 0.3) is 0 Å². The summed E-state index contributed by atoms with van der Waals surface area (Å²) in [5.74, 6) is 1.95. The topological polar surface area (TPSA) is 48.0 Å². The van der Waals surface area contributed by atoms with Crippen LogP contribution in [0.2, 0.25) is 0 Å². The summed E-state index contributed by atoms with van der Waals surface area (Å²) in [5, 5.41) is 0. The number of carbonyl (C=O) groups excluding carboxylic acids is 1. The first-order valence-corrected chi connectivity index (χ1v) is 13.0. The Kier molecular flexibility index (Phi) is 7.39. The van der Waals surface area contributed by atoms with Crippen molar-refractivity contribution in [3.8, 4) is 11.5 Å². The molecule has 1 atom stereocenters. The Labute approximate surface area is 203 Å². The summed E-state index contributed by atoms with van der Waals surface area (Å²) >= 11 is 0. The third kappa shape index (κ3) is 5.41. The van der Waals surface area contributed by atoms with E-state index in [4.69, 9.17) is 14.2 Å². The molecular formula is C29H37NO4. The minimum Gasteiger partial charge on any atom is -0.493 e. The van der Waals surface area contributed by atoms with E-state index >= 15 is 0 Å². The molecule has 0 N–H and O–H groups in total. The van der Waals surface area contributed by atoms with E-state index in [1.165, 1.54) is 17.5 Å². The highest BCUT2D eigenvalue weighted by atomic mass is 16.5. The van der Waals surface area contributed by atoms with Crippen LogP contribution in [0.1, 0.15) is 61.6 Å². The zero-order chi connectivity index (χ0) is 23.3. The predicted octanol–water partition coefficient (Wildman–Crippen LogP) is 5.33. The van der Waals surface area contributed by atoms with Gasteiger partial charge in [-0.2, -0.15) is 0 Å². The van der Waals surface area contributed by atoms with Gasteiger partial charge in [0.1, 0.15) is 6.10 Å². The zero-order valence-electron chi connectivity index (χ0n) is 20.3. The summed E-state index contributed by atoms with van der Waals surface area (Å²) in [6, 6.07) is 14.7. The molecule has 5 nitrogen and oxygen atoms in total. The maximum absolute atomic E-state index is 13.5. The van der Waals surface area contributed by atoms with Crippen LogP contribution in [-0.4, -0.2) is 43.3 Å². The molecule has 0 bridgehead atoms. The van der Waals surface area contributed by atoms with Crippen LogP contribution in [0, 0.1) is 5.92 Å². The number of hydrogen-bond donors (Lipinski definition) is 0. The first-order valence-electron chi connectivity index (χ1n) is 13.0. The molecule has 5 heteroatoms. The molecule has 0 aromatic heterocycles. The highest BCUT2D eigenvalue weighted by Gasteiger charge is 2.29. The number of fused-ring (bicyclic) bond motifs is 1. The predicted molar refractivity (Wildman–Crippen MR) is 132 cm³/mol. The van der Waals surface area contributed by atoms with Gasteiger partial charge in [-0.3, -0.25) is 4.79 Å². The van der Waals surface area contributed by atoms with Gasteiger partial charge < -0.3 is 19.1 Å². The number of ether oxygens (including phenoxy) is 3. The molecule has 2 aliphatic carbocycles. The lowest BCUT2D eigenvalue weighted by Gasteiger charge is -2.31. The molecule has 1 saturated heterocycles. The normalized spacial score (nSPS) is 20.8. The van der Waals surface area contributed by atoms with Crippen LogP contribution < -0.4 is 9.47 Å². The minimum atomic E-state index is 0.126. The molecule has 3 aliphatic rings. The SMILES string of the molecule is COc1cc(CN(CC2CCCO2)C(=O)C2CCCCC2)ccc1OC1Cc2ccccc2C1. The van der Waals surface area contributed by atoms with Crippen molar-refractivity contribution in [2.45, 2.75) is 76.5 Å². The largest absolute Gasteiger partial charge is 0.493 e. The van der Waals surface area contributed by atoms with E-state index in [0.29, 0.717) is 19.0 Å². The van der Waals surface area contributed by atoms with Gasteiger partial charge in [0.25, 0.3) is 0 Å². The molecule has 0 radical (unpaired) electrons. The van der Waals surface area contributed by atoms with Gasteiger partial charge in [0, 0.05) is 38.5 Å². The molecule has 34 heavy (non-hydrogen) atoms. The lowest BCUT2D eigenvalue weighted by atomic mass is 9.88. The Hall–Kier alpha value is -2.53. The molecule has 2 aromatic rings. The first kappa shape index (κ1) is 23.2. The van der Waals surface area contributed by atoms with E-state index in [-0.39, 0.29) is 18.1 Å². The van der Waals surface area contributed by atoms with Gasteiger partial charge in [-0.05, 0) is 54.5 Å². The number of hydrogen-bond acceptors (Lipinski definition) is 4. The van der Waals surface area contributed by atoms with E-state index in [2.05, 4.69) is 30.3 Å². The summed E-state index contributed by atoms with van der Waals surface area (Å²) in [5.41, 5.74) is 3.81. The standard InChI is InChI=1S/C29H37NO4/c1-32-28-16-21(13-14-27(28)34-26-17-23-10-5-6-11-24(23)18-26)19-30(20-25-12-7-15-33-25)29(31)22-8-3-2-4-9-22/h5-6,10-11,13-14,16,22,25-26H,2-4,7-9,12,15,17-20H2,1H3. The van der Waals surface area contributed by atoms with Gasteiger partial charge in [0.15, 0.2) is 11.5 Å². The molecule has 1 heterocycles. The van der Waals surface area contributed by atoms with Gasteiger partial charge in [-0.1, -0.05) is 49.6 Å². The van der Waals surface area contributed by atoms with Crippen molar-refractivity contribution in [1.29, 1.82) is 0 Å². The fourth-order valence-corrected chi connectivity index (χ4v) is 5.78. The molecule has 2 fully saturated rings. The fraction of sp³-hybridized carbons (Fsp3) is 0.552. The molecule has 182 valence electrons. The van der Waals surface area contributed by atoms with E-state index in [0.717, 1.165) is 75.0 Å². The average molecular weight is 464 g/mol. The molecule has 2 aromatic carbocycles. The number of methoxy groups -OCH3 is 1. The van der Waals surface area contributed by atoms with Crippen LogP contribution in [-0.2, 0) is 28.9 Å². The highest BCUT2D eigenvalue weighted by molar-refractivity contribution is 5.79. The average Bonchev–Trinajstić information content (AvgIpc) is 3.54. The van der Waals surface area contributed by atoms with E-state index in [1.807, 2.05) is 17.0 Å². The number of benzene rings is 2. The second-order valence-electron chi connectivity index (χ2n) is 10.1. The number of rotatable bonds is 8. The summed E-state index contributed by atoms with van der Waals surface area (Å²) < 4.78 is 18.0. The molecule has 1 saturated carbocycles. The molecule has 5 rings (SSSR count). The third-order valence-electron chi connectivity index (χ3n) is 7.62. The van der Waals surface area contributed by atoms with Crippen LogP contribution in [0.15, 0.2) is 42.5 Å². The third-order valence-corrected chi connectivity index (χ3v) is 7.62. The Morgan fingerprint density at radius 3 is 2.41 bits per heavy atom. The quantitative estimate of drug-likeness (QED) is 0.531. The van der Waals surface area contributed by atoms with Crippen molar-refractivity contribution in [1.82, 2.24) is 4.90 Å². The fourth-order valence-electron chi connectivity index (χ4n) is 5.78. The van der Waals surface area contributed by atoms with E-state index in [9.17, 15) is 4.79 Å². The van der Waals surface area contributed by atoms with Gasteiger partial charge in [0.05, 0.1) is 13.2 Å². The van der Waals surface area contributed by atoms with Gasteiger partial charge in [0.2, 0.25) is 5.91 Å². The summed E-state index contributed by atoms with van der Waals surface area (Å²) in [6.45, 7) is 2.07. The van der Waals surface area contributed by atoms with Crippen molar-refractivity contribution in [2.24, 2.45) is 5.92 Å². The van der Waals surface area contributed by atoms with Gasteiger partial charge in [-0.25, -0.2) is 0 Å². The van der Waals surface area contributed by atoms with Gasteiger partial charge in [-0.15, -0.1) is 0 Å². The molecular weight excluding hydrogens is 426 g/mol. The number of amides is 1. The van der Waals surface area contributed by atoms with E-state index < -0.39 is 0 Å². The van der Waals surface area contributed by atoms with Gasteiger partial charge >= 0.3 is 0 Å². The molecule has 0 spiro atoms. The smallest absolute Gasteiger partial charge is 0.226 e. The van der Waals surface area contributed by atoms with Crippen LogP contribution >= 0.6 is 0 Å². The van der Waals surface area contributed by atoms with Crippen LogP contribution in [0.3, 0.4) is 0 Å². The monoisotopic (exact) mass is 463 g/mol. The number of carbonyl (C=O) groups is 1. The van der Waals surface area contributed by atoms with E-state index in [1.54, 1.807) is 7.11 Å². The first-order chi connectivity index (χ1) is 16.7. The van der Waals surface area contributed by atoms with Crippen molar-refractivity contribution in [3.05, 3.63) is 59.2 Å². The maximum atomic E-state index is 13.5. The summed E-state index contributed by atoms with van der Waals surface area (Å²) in [7, 11) is 1.69. The summed E-state index contributed by atoms with van der Waals surface area (Å²) in [6.07, 6.45) is 9.85. The van der Waals surface area contributed by atoms with Crippen molar-refractivity contribution < 1.29 is 19.0 Å². The number of nitrogens with zero attached hydrogens (tertiary/aromatic N) is 1. The lowest BCUT2D eigenvalue weighted by Crippen LogP contribution is -2.41. The van der Waals surface area contributed by atoms with Crippen molar-refractivity contribution in [3.63, 3.8) is 0 Å². The van der Waals surface area contributed by atoms with Crippen molar-refractivity contribution in [2.75, 3.05) is 20.3 Å². The molecule has 1 aliphatic heterocycles. The molecule has 1 unspecified atom stereocenters. The second-order valence-corrected chi connectivity index (χ2v) is 10.1. The van der Waals surface area contributed by atoms with Crippen LogP contribution in [0.4, 0.5) is 0 Å². The molecule has 1 amide bonds.